The summed E-state index contributed by atoms with van der Waals surface area (Å²) in [5.41, 5.74) is 9.06. The Balaban J connectivity index is 1.99. The van der Waals surface area contributed by atoms with E-state index < -0.39 is 0 Å². The van der Waals surface area contributed by atoms with Gasteiger partial charge in [-0.15, -0.1) is 0 Å². The van der Waals surface area contributed by atoms with Crippen molar-refractivity contribution in [2.24, 2.45) is 5.73 Å². The van der Waals surface area contributed by atoms with Gasteiger partial charge in [-0.3, -0.25) is 4.90 Å². The standard InChI is InChI=1S/C16H26N2/c1-13-7-6-8-14(11-13)12-18(2)16-10-5-3-4-9-15(16)17/h6-8,11,15-16H,3-5,9-10,12,17H2,1-2H3. The third kappa shape index (κ3) is 3.56. The normalized spacial score (nSPS) is 25.1. The summed E-state index contributed by atoms with van der Waals surface area (Å²) in [6, 6.07) is 9.69. The molecule has 0 spiro atoms. The molecule has 1 aliphatic carbocycles. The molecule has 2 rings (SSSR count). The van der Waals surface area contributed by atoms with Gasteiger partial charge in [0.25, 0.3) is 0 Å². The molecule has 0 bridgehead atoms. The number of aryl methyl sites for hydroxylation is 1. The zero-order valence-corrected chi connectivity index (χ0v) is 11.7. The second kappa shape index (κ2) is 6.35. The van der Waals surface area contributed by atoms with E-state index in [1.54, 1.807) is 0 Å². The minimum Gasteiger partial charge on any atom is -0.326 e. The molecule has 18 heavy (non-hydrogen) atoms. The van der Waals surface area contributed by atoms with Gasteiger partial charge in [-0.25, -0.2) is 0 Å². The fraction of sp³-hybridized carbons (Fsp3) is 0.625. The first-order valence-electron chi connectivity index (χ1n) is 7.18. The molecule has 2 atom stereocenters. The van der Waals surface area contributed by atoms with Crippen LogP contribution in [0.2, 0.25) is 0 Å². The maximum atomic E-state index is 6.32. The summed E-state index contributed by atoms with van der Waals surface area (Å²) < 4.78 is 0. The van der Waals surface area contributed by atoms with Crippen molar-refractivity contribution in [1.29, 1.82) is 0 Å². The maximum Gasteiger partial charge on any atom is 0.0247 e. The number of rotatable bonds is 3. The number of nitrogens with two attached hydrogens (primary N) is 1. The highest BCUT2D eigenvalue weighted by Gasteiger charge is 2.23. The molecule has 1 aromatic carbocycles. The summed E-state index contributed by atoms with van der Waals surface area (Å²) in [5, 5.41) is 0. The van der Waals surface area contributed by atoms with Gasteiger partial charge in [0.15, 0.2) is 0 Å². The van der Waals surface area contributed by atoms with E-state index >= 15 is 0 Å². The first-order valence-corrected chi connectivity index (χ1v) is 7.18. The molecule has 0 saturated heterocycles. The SMILES string of the molecule is Cc1cccc(CN(C)C2CCCCCC2N)c1. The molecule has 1 fully saturated rings. The van der Waals surface area contributed by atoms with Crippen molar-refractivity contribution in [3.05, 3.63) is 35.4 Å². The number of nitrogens with zero attached hydrogens (tertiary/aromatic N) is 1. The van der Waals surface area contributed by atoms with Gasteiger partial charge < -0.3 is 5.73 Å². The van der Waals surface area contributed by atoms with E-state index in [0.29, 0.717) is 12.1 Å². The molecule has 1 aliphatic rings. The molecule has 0 aromatic heterocycles. The highest BCUT2D eigenvalue weighted by Crippen LogP contribution is 2.21. The smallest absolute Gasteiger partial charge is 0.0247 e. The molecule has 2 unspecified atom stereocenters. The zero-order valence-electron chi connectivity index (χ0n) is 11.7. The topological polar surface area (TPSA) is 29.3 Å². The molecule has 0 radical (unpaired) electrons. The largest absolute Gasteiger partial charge is 0.326 e. The molecule has 1 saturated carbocycles. The Hall–Kier alpha value is -0.860. The zero-order chi connectivity index (χ0) is 13.0. The van der Waals surface area contributed by atoms with Crippen LogP contribution in [0.1, 0.15) is 43.2 Å². The fourth-order valence-corrected chi connectivity index (χ4v) is 3.08. The summed E-state index contributed by atoms with van der Waals surface area (Å²) in [6.45, 7) is 3.17. The van der Waals surface area contributed by atoms with Crippen LogP contribution in [-0.2, 0) is 6.54 Å². The van der Waals surface area contributed by atoms with Gasteiger partial charge in [0, 0.05) is 18.6 Å². The van der Waals surface area contributed by atoms with Crippen molar-refractivity contribution >= 4 is 0 Å². The van der Waals surface area contributed by atoms with Crippen molar-refractivity contribution in [2.45, 2.75) is 57.7 Å². The minimum atomic E-state index is 0.349. The predicted molar refractivity (Wildman–Crippen MR) is 77.5 cm³/mol. The Morgan fingerprint density at radius 2 is 2.00 bits per heavy atom. The maximum absolute atomic E-state index is 6.32. The third-order valence-electron chi connectivity index (χ3n) is 4.11. The summed E-state index contributed by atoms with van der Waals surface area (Å²) in [7, 11) is 2.22. The third-order valence-corrected chi connectivity index (χ3v) is 4.11. The lowest BCUT2D eigenvalue weighted by Gasteiger charge is -2.31. The van der Waals surface area contributed by atoms with Crippen molar-refractivity contribution in [1.82, 2.24) is 4.90 Å². The van der Waals surface area contributed by atoms with Gasteiger partial charge >= 0.3 is 0 Å². The van der Waals surface area contributed by atoms with E-state index in [9.17, 15) is 0 Å². The van der Waals surface area contributed by atoms with E-state index in [2.05, 4.69) is 43.1 Å². The highest BCUT2D eigenvalue weighted by molar-refractivity contribution is 5.22. The van der Waals surface area contributed by atoms with Crippen molar-refractivity contribution in [3.8, 4) is 0 Å². The second-order valence-electron chi connectivity index (χ2n) is 5.77. The monoisotopic (exact) mass is 246 g/mol. The average Bonchev–Trinajstić information content (AvgIpc) is 2.54. The Morgan fingerprint density at radius 1 is 1.22 bits per heavy atom. The Morgan fingerprint density at radius 3 is 2.78 bits per heavy atom. The average molecular weight is 246 g/mol. The van der Waals surface area contributed by atoms with Crippen LogP contribution in [-0.4, -0.2) is 24.0 Å². The molecular formula is C16H26N2. The molecule has 0 aliphatic heterocycles. The summed E-state index contributed by atoms with van der Waals surface area (Å²) in [5.74, 6) is 0. The highest BCUT2D eigenvalue weighted by atomic mass is 15.1. The van der Waals surface area contributed by atoms with Gasteiger partial charge in [0.1, 0.15) is 0 Å². The number of benzene rings is 1. The summed E-state index contributed by atoms with van der Waals surface area (Å²) in [6.07, 6.45) is 6.42. The van der Waals surface area contributed by atoms with Crippen LogP contribution in [0, 0.1) is 6.92 Å². The second-order valence-corrected chi connectivity index (χ2v) is 5.77. The number of likely N-dealkylation sites (N-methyl/N-ethyl adjacent to an activating group) is 1. The van der Waals surface area contributed by atoms with E-state index in [-0.39, 0.29) is 0 Å². The lowest BCUT2D eigenvalue weighted by Crippen LogP contribution is -2.44. The van der Waals surface area contributed by atoms with Crippen LogP contribution in [0.15, 0.2) is 24.3 Å². The minimum absolute atomic E-state index is 0.349. The molecule has 0 amide bonds. The lowest BCUT2D eigenvalue weighted by atomic mass is 10.0. The van der Waals surface area contributed by atoms with Crippen LogP contribution in [0.25, 0.3) is 0 Å². The van der Waals surface area contributed by atoms with Crippen molar-refractivity contribution in [3.63, 3.8) is 0 Å². The van der Waals surface area contributed by atoms with E-state index in [0.717, 1.165) is 6.54 Å². The van der Waals surface area contributed by atoms with Crippen LogP contribution >= 0.6 is 0 Å². The van der Waals surface area contributed by atoms with Crippen LogP contribution < -0.4 is 5.73 Å². The van der Waals surface area contributed by atoms with Crippen LogP contribution in [0.5, 0.6) is 0 Å². The lowest BCUT2D eigenvalue weighted by molar-refractivity contribution is 0.193. The van der Waals surface area contributed by atoms with Gasteiger partial charge in [-0.1, -0.05) is 49.1 Å². The van der Waals surface area contributed by atoms with Gasteiger partial charge in [0.05, 0.1) is 0 Å². The van der Waals surface area contributed by atoms with Crippen LogP contribution in [0.4, 0.5) is 0 Å². The molecular weight excluding hydrogens is 220 g/mol. The molecule has 100 valence electrons. The Kier molecular flexibility index (Phi) is 4.79. The first-order chi connectivity index (χ1) is 8.66. The molecule has 0 heterocycles. The predicted octanol–water partition coefficient (Wildman–Crippen LogP) is 3.09. The summed E-state index contributed by atoms with van der Waals surface area (Å²) >= 11 is 0. The van der Waals surface area contributed by atoms with Gasteiger partial charge in [-0.2, -0.15) is 0 Å². The molecule has 1 aromatic rings. The summed E-state index contributed by atoms with van der Waals surface area (Å²) in [4.78, 5) is 2.45. The fourth-order valence-electron chi connectivity index (χ4n) is 3.08. The van der Waals surface area contributed by atoms with Gasteiger partial charge in [0.2, 0.25) is 0 Å². The van der Waals surface area contributed by atoms with Crippen molar-refractivity contribution < 1.29 is 0 Å². The van der Waals surface area contributed by atoms with E-state index in [1.807, 2.05) is 0 Å². The molecule has 2 nitrogen and oxygen atoms in total. The Bertz CT molecular complexity index is 375. The van der Waals surface area contributed by atoms with E-state index in [4.69, 9.17) is 5.73 Å². The molecule has 2 heteroatoms. The molecule has 2 N–H and O–H groups in total. The quantitative estimate of drug-likeness (QED) is 0.830. The Labute approximate surface area is 111 Å². The van der Waals surface area contributed by atoms with Crippen molar-refractivity contribution in [2.75, 3.05) is 7.05 Å². The number of hydrogen-bond acceptors (Lipinski definition) is 2. The van der Waals surface area contributed by atoms with E-state index in [1.165, 1.54) is 43.2 Å². The first kappa shape index (κ1) is 13.6. The number of hydrogen-bond donors (Lipinski definition) is 1. The van der Waals surface area contributed by atoms with Crippen LogP contribution in [0.3, 0.4) is 0 Å². The van der Waals surface area contributed by atoms with Gasteiger partial charge in [-0.05, 0) is 32.4 Å².